The number of hydrogen-bond acceptors (Lipinski definition) is 6. The number of benzene rings is 2. The Morgan fingerprint density at radius 3 is 2.50 bits per heavy atom. The maximum atomic E-state index is 13.4. The van der Waals surface area contributed by atoms with Gasteiger partial charge in [0.1, 0.15) is 0 Å². The Hall–Kier alpha value is -3.46. The first kappa shape index (κ1) is 25.6. The largest absolute Gasteiger partial charge is 0.356 e. The number of alkyl halides is 1. The summed E-state index contributed by atoms with van der Waals surface area (Å²) in [5.74, 6) is -0.306. The molecule has 0 saturated carbocycles. The van der Waals surface area contributed by atoms with Crippen molar-refractivity contribution in [2.24, 2.45) is 0 Å². The molecule has 1 aromatic heterocycles. The number of carbonyl (C=O) groups excluding carboxylic acids is 2. The summed E-state index contributed by atoms with van der Waals surface area (Å²) >= 11 is 0. The van der Waals surface area contributed by atoms with Gasteiger partial charge in [-0.2, -0.15) is 0 Å². The zero-order valence-electron chi connectivity index (χ0n) is 21.2. The van der Waals surface area contributed by atoms with Crippen LogP contribution < -0.4 is 10.2 Å². The van der Waals surface area contributed by atoms with Gasteiger partial charge in [-0.3, -0.25) is 19.0 Å². The number of aromatic nitrogens is 1. The normalized spacial score (nSPS) is 13.1. The minimum absolute atomic E-state index is 0.0163. The Labute approximate surface area is 211 Å². The van der Waals surface area contributed by atoms with Crippen LogP contribution in [-0.4, -0.2) is 60.3 Å². The van der Waals surface area contributed by atoms with Crippen LogP contribution in [0.3, 0.4) is 0 Å². The van der Waals surface area contributed by atoms with Crippen LogP contribution in [0.4, 0.5) is 10.1 Å². The number of hydrazine groups is 1. The molecule has 8 nitrogen and oxygen atoms in total. The van der Waals surface area contributed by atoms with Gasteiger partial charge in [-0.25, -0.2) is 5.01 Å². The van der Waals surface area contributed by atoms with Crippen molar-refractivity contribution in [1.29, 1.82) is 0 Å². The second kappa shape index (κ2) is 11.5. The summed E-state index contributed by atoms with van der Waals surface area (Å²) < 4.78 is 17.8. The van der Waals surface area contributed by atoms with Crippen LogP contribution in [-0.2, 0) is 22.7 Å². The minimum Gasteiger partial charge on any atom is -0.356 e. The zero-order valence-corrected chi connectivity index (χ0v) is 21.2. The molecule has 9 heteroatoms. The molecule has 0 fully saturated rings. The summed E-state index contributed by atoms with van der Waals surface area (Å²) in [7, 11) is 1.77. The number of hydrogen-bond donors (Lipinski definition) is 1. The maximum absolute atomic E-state index is 13.4. The van der Waals surface area contributed by atoms with Gasteiger partial charge in [0, 0.05) is 43.8 Å². The lowest BCUT2D eigenvalue weighted by Crippen LogP contribution is -2.48. The summed E-state index contributed by atoms with van der Waals surface area (Å²) in [5, 5.41) is 11.5. The monoisotopic (exact) mass is 495 g/mol. The van der Waals surface area contributed by atoms with Crippen LogP contribution in [0, 0.1) is 13.8 Å². The van der Waals surface area contributed by atoms with Gasteiger partial charge in [-0.15, -0.1) is 0 Å². The highest BCUT2D eigenvalue weighted by Gasteiger charge is 2.27. The summed E-state index contributed by atoms with van der Waals surface area (Å²) in [6.07, 6.45) is 1.94. The van der Waals surface area contributed by atoms with Gasteiger partial charge in [0.15, 0.2) is 5.58 Å². The number of rotatable bonds is 11. The third-order valence-electron chi connectivity index (χ3n) is 6.71. The molecule has 0 unspecified atom stereocenters. The highest BCUT2D eigenvalue weighted by Crippen LogP contribution is 2.29. The number of likely N-dealkylation sites (N-methyl/N-ethyl adjacent to an activating group) is 1. The number of nitrogens with zero attached hydrogens (tertiary/aromatic N) is 4. The lowest BCUT2D eigenvalue weighted by Gasteiger charge is -2.31. The summed E-state index contributed by atoms with van der Waals surface area (Å²) in [6, 6.07) is 12.0. The summed E-state index contributed by atoms with van der Waals surface area (Å²) in [5.41, 5.74) is 5.50. The van der Waals surface area contributed by atoms with Crippen molar-refractivity contribution >= 4 is 28.5 Å². The molecule has 2 amide bonds. The van der Waals surface area contributed by atoms with E-state index in [2.05, 4.69) is 22.6 Å². The van der Waals surface area contributed by atoms with Crippen LogP contribution in [0.5, 0.6) is 0 Å². The number of halogens is 1. The van der Waals surface area contributed by atoms with Crippen molar-refractivity contribution in [1.82, 2.24) is 20.5 Å². The fourth-order valence-corrected chi connectivity index (χ4v) is 4.57. The van der Waals surface area contributed by atoms with Crippen LogP contribution in [0.1, 0.15) is 41.6 Å². The SMILES string of the molecule is Cc1cc2c(C)noc2cc1N(CC(=O)NCCCCCF)CC(=O)N(C)N1Cc2ccccc2C1. The van der Waals surface area contributed by atoms with Crippen molar-refractivity contribution in [2.75, 3.05) is 38.3 Å². The van der Waals surface area contributed by atoms with Gasteiger partial charge < -0.3 is 14.7 Å². The van der Waals surface area contributed by atoms with E-state index >= 15 is 0 Å². The van der Waals surface area contributed by atoms with Gasteiger partial charge >= 0.3 is 0 Å². The quantitative estimate of drug-likeness (QED) is 0.407. The van der Waals surface area contributed by atoms with Gasteiger partial charge in [0.05, 0.1) is 25.5 Å². The Morgan fingerprint density at radius 2 is 1.81 bits per heavy atom. The molecule has 0 bridgehead atoms. The van der Waals surface area contributed by atoms with E-state index in [4.69, 9.17) is 4.52 Å². The Kier molecular flexibility index (Phi) is 8.20. The molecule has 3 aromatic rings. The average molecular weight is 496 g/mol. The van der Waals surface area contributed by atoms with Crippen molar-refractivity contribution in [3.8, 4) is 0 Å². The molecule has 1 aliphatic heterocycles. The van der Waals surface area contributed by atoms with Crippen LogP contribution in [0.15, 0.2) is 40.9 Å². The number of nitrogens with one attached hydrogen (secondary N) is 1. The number of unbranched alkanes of at least 4 members (excludes halogenated alkanes) is 2. The van der Waals surface area contributed by atoms with Crippen LogP contribution in [0.25, 0.3) is 11.0 Å². The molecule has 36 heavy (non-hydrogen) atoms. The van der Waals surface area contributed by atoms with Gasteiger partial charge in [-0.05, 0) is 55.9 Å². The molecule has 0 radical (unpaired) electrons. The first-order chi connectivity index (χ1) is 17.4. The average Bonchev–Trinajstić information content (AvgIpc) is 3.46. The molecule has 4 rings (SSSR count). The Balaban J connectivity index is 1.49. The van der Waals surface area contributed by atoms with Gasteiger partial charge in [-0.1, -0.05) is 29.4 Å². The second-order valence-corrected chi connectivity index (χ2v) is 9.37. The van der Waals surface area contributed by atoms with E-state index < -0.39 is 0 Å². The van der Waals surface area contributed by atoms with Gasteiger partial charge in [0.25, 0.3) is 5.91 Å². The predicted molar refractivity (Wildman–Crippen MR) is 137 cm³/mol. The van der Waals surface area contributed by atoms with E-state index in [-0.39, 0.29) is 31.6 Å². The molecule has 0 spiro atoms. The summed E-state index contributed by atoms with van der Waals surface area (Å²) in [6.45, 7) is 5.34. The van der Waals surface area contributed by atoms with Crippen molar-refractivity contribution in [3.05, 3.63) is 58.8 Å². The first-order valence-corrected chi connectivity index (χ1v) is 12.4. The molecule has 0 saturated heterocycles. The van der Waals surface area contributed by atoms with E-state index in [0.29, 0.717) is 31.6 Å². The van der Waals surface area contributed by atoms with Crippen molar-refractivity contribution < 1.29 is 18.5 Å². The number of amides is 2. The molecule has 1 aliphatic rings. The third-order valence-corrected chi connectivity index (χ3v) is 6.71. The van der Waals surface area contributed by atoms with E-state index in [0.717, 1.165) is 35.2 Å². The zero-order chi connectivity index (χ0) is 25.7. The molecule has 192 valence electrons. The smallest absolute Gasteiger partial charge is 0.256 e. The van der Waals surface area contributed by atoms with E-state index in [1.807, 2.05) is 43.1 Å². The topological polar surface area (TPSA) is 81.9 Å². The molecular weight excluding hydrogens is 461 g/mol. The summed E-state index contributed by atoms with van der Waals surface area (Å²) in [4.78, 5) is 28.0. The van der Waals surface area contributed by atoms with E-state index in [1.54, 1.807) is 17.0 Å². The van der Waals surface area contributed by atoms with E-state index in [9.17, 15) is 14.0 Å². The molecule has 1 N–H and O–H groups in total. The standard InChI is InChI=1S/C27H34FN5O3/c1-19-13-23-20(2)30-36-25(23)14-24(19)32(17-26(34)29-12-8-4-7-11-28)18-27(35)31(3)33-15-21-9-5-6-10-22(21)16-33/h5-6,9-10,13-14H,4,7-8,11-12,15-18H2,1-3H3,(H,29,34). The molecule has 2 heterocycles. The minimum atomic E-state index is -0.345. The predicted octanol–water partition coefficient (Wildman–Crippen LogP) is 3.90. The number of aryl methyl sites for hydroxylation is 2. The van der Waals surface area contributed by atoms with Crippen LogP contribution in [0.2, 0.25) is 0 Å². The Morgan fingerprint density at radius 1 is 1.08 bits per heavy atom. The van der Waals surface area contributed by atoms with Crippen molar-refractivity contribution in [2.45, 2.75) is 46.2 Å². The molecule has 0 aliphatic carbocycles. The molecule has 2 aromatic carbocycles. The van der Waals surface area contributed by atoms with Crippen LogP contribution >= 0.6 is 0 Å². The number of carbonyl (C=O) groups is 2. The highest BCUT2D eigenvalue weighted by atomic mass is 19.1. The second-order valence-electron chi connectivity index (χ2n) is 9.37. The third kappa shape index (κ3) is 5.84. The lowest BCUT2D eigenvalue weighted by molar-refractivity contribution is -0.145. The fraction of sp³-hybridized carbons (Fsp3) is 0.444. The van der Waals surface area contributed by atoms with Crippen molar-refractivity contribution in [3.63, 3.8) is 0 Å². The number of fused-ring (bicyclic) bond motifs is 2. The first-order valence-electron chi connectivity index (χ1n) is 12.4. The fourth-order valence-electron chi connectivity index (χ4n) is 4.57. The lowest BCUT2D eigenvalue weighted by atomic mass is 10.1. The maximum Gasteiger partial charge on any atom is 0.256 e. The molecular formula is C27H34FN5O3. The Bertz CT molecular complexity index is 1200. The number of anilines is 1. The molecule has 0 atom stereocenters. The van der Waals surface area contributed by atoms with Gasteiger partial charge in [0.2, 0.25) is 5.91 Å². The van der Waals surface area contributed by atoms with E-state index in [1.165, 1.54) is 11.1 Å². The highest BCUT2D eigenvalue weighted by molar-refractivity contribution is 5.90.